The van der Waals surface area contributed by atoms with E-state index < -0.39 is 0 Å². The van der Waals surface area contributed by atoms with Crippen LogP contribution in [0.5, 0.6) is 0 Å². The summed E-state index contributed by atoms with van der Waals surface area (Å²) in [6.07, 6.45) is 10.3. The van der Waals surface area contributed by atoms with Gasteiger partial charge in [0.2, 0.25) is 0 Å². The Balaban J connectivity index is 3.30. The summed E-state index contributed by atoms with van der Waals surface area (Å²) in [5.74, 6) is 0. The van der Waals surface area contributed by atoms with Gasteiger partial charge >= 0.3 is 0 Å². The summed E-state index contributed by atoms with van der Waals surface area (Å²) in [6, 6.07) is 0. The zero-order chi connectivity index (χ0) is 8.53. The monoisotopic (exact) mass is 266 g/mol. The minimum atomic E-state index is 1.28. The lowest BCUT2D eigenvalue weighted by Crippen LogP contribution is -1.74. The number of halogens is 1. The number of hydrogen-bond acceptors (Lipinski definition) is 0. The molecular formula is C10H19I. The van der Waals surface area contributed by atoms with E-state index in [-0.39, 0.29) is 0 Å². The number of unbranched alkanes of at least 4 members (excludes halogenated alkanes) is 3. The van der Waals surface area contributed by atoms with Crippen LogP contribution in [0.15, 0.2) is 9.66 Å². The Morgan fingerprint density at radius 1 is 1.18 bits per heavy atom. The lowest BCUT2D eigenvalue weighted by molar-refractivity contribution is 0.790. The summed E-state index contributed by atoms with van der Waals surface area (Å²) in [6.45, 7) is 4.49. The number of rotatable bonds is 6. The molecule has 0 rings (SSSR count). The standard InChI is InChI=1S/C10H19I/c1-3-5-7-9-10(11)8-6-4-2/h9H,3-8H2,1-2H3/b10-9-. The molecule has 0 bridgehead atoms. The SMILES string of the molecule is CCCC/C=C(\I)CCCC. The molecule has 0 aliphatic carbocycles. The van der Waals surface area contributed by atoms with Crippen molar-refractivity contribution in [2.75, 3.05) is 0 Å². The van der Waals surface area contributed by atoms with Gasteiger partial charge in [-0.1, -0.05) is 39.2 Å². The molecule has 0 atom stereocenters. The molecule has 66 valence electrons. The minimum Gasteiger partial charge on any atom is -0.0752 e. The fraction of sp³-hybridized carbons (Fsp3) is 0.800. The average Bonchev–Trinajstić information content (AvgIpc) is 2.01. The van der Waals surface area contributed by atoms with Crippen LogP contribution in [0, 0.1) is 0 Å². The Morgan fingerprint density at radius 2 is 1.82 bits per heavy atom. The van der Waals surface area contributed by atoms with Gasteiger partial charge in [0, 0.05) is 0 Å². The van der Waals surface area contributed by atoms with Gasteiger partial charge in [-0.05, 0) is 45.4 Å². The minimum absolute atomic E-state index is 1.28. The summed E-state index contributed by atoms with van der Waals surface area (Å²) in [7, 11) is 0. The van der Waals surface area contributed by atoms with Crippen LogP contribution in [0.1, 0.15) is 52.4 Å². The number of hydrogen-bond donors (Lipinski definition) is 0. The molecule has 0 aliphatic heterocycles. The van der Waals surface area contributed by atoms with Crippen molar-refractivity contribution in [3.63, 3.8) is 0 Å². The molecule has 0 aromatic rings. The first-order chi connectivity index (χ1) is 5.31. The van der Waals surface area contributed by atoms with E-state index in [9.17, 15) is 0 Å². The van der Waals surface area contributed by atoms with E-state index in [0.717, 1.165) is 0 Å². The first kappa shape index (κ1) is 11.5. The highest BCUT2D eigenvalue weighted by atomic mass is 127. The van der Waals surface area contributed by atoms with Gasteiger partial charge in [0.05, 0.1) is 0 Å². The van der Waals surface area contributed by atoms with Gasteiger partial charge in [-0.25, -0.2) is 0 Å². The van der Waals surface area contributed by atoms with E-state index in [1.165, 1.54) is 38.5 Å². The van der Waals surface area contributed by atoms with Crippen molar-refractivity contribution in [3.05, 3.63) is 9.66 Å². The van der Waals surface area contributed by atoms with E-state index in [1.54, 1.807) is 3.58 Å². The molecule has 0 N–H and O–H groups in total. The predicted molar refractivity (Wildman–Crippen MR) is 61.2 cm³/mol. The van der Waals surface area contributed by atoms with Gasteiger partial charge in [-0.15, -0.1) is 0 Å². The predicted octanol–water partition coefficient (Wildman–Crippen LogP) is 4.69. The zero-order valence-electron chi connectivity index (χ0n) is 7.70. The van der Waals surface area contributed by atoms with Crippen LogP contribution in [-0.2, 0) is 0 Å². The third-order valence-electron chi connectivity index (χ3n) is 1.69. The maximum absolute atomic E-state index is 2.47. The van der Waals surface area contributed by atoms with Crippen molar-refractivity contribution in [1.82, 2.24) is 0 Å². The van der Waals surface area contributed by atoms with Crippen LogP contribution in [0.25, 0.3) is 0 Å². The largest absolute Gasteiger partial charge is 0.0752 e. The van der Waals surface area contributed by atoms with E-state index in [2.05, 4.69) is 42.5 Å². The Kier molecular flexibility index (Phi) is 8.93. The van der Waals surface area contributed by atoms with Gasteiger partial charge in [0.15, 0.2) is 0 Å². The van der Waals surface area contributed by atoms with Gasteiger partial charge in [0.1, 0.15) is 0 Å². The van der Waals surface area contributed by atoms with Crippen molar-refractivity contribution in [2.45, 2.75) is 52.4 Å². The van der Waals surface area contributed by atoms with Crippen molar-refractivity contribution >= 4 is 22.6 Å². The van der Waals surface area contributed by atoms with Gasteiger partial charge in [-0.3, -0.25) is 0 Å². The Hall–Kier alpha value is 0.470. The Bertz CT molecular complexity index is 105. The highest BCUT2D eigenvalue weighted by Gasteiger charge is 1.89. The maximum Gasteiger partial charge on any atom is -0.0134 e. The molecule has 0 saturated heterocycles. The smallest absolute Gasteiger partial charge is 0.0134 e. The maximum atomic E-state index is 2.47. The molecule has 1 heteroatoms. The Labute approximate surface area is 84.6 Å². The van der Waals surface area contributed by atoms with E-state index in [4.69, 9.17) is 0 Å². The lowest BCUT2D eigenvalue weighted by atomic mass is 10.2. The van der Waals surface area contributed by atoms with Crippen LogP contribution in [0.3, 0.4) is 0 Å². The quantitative estimate of drug-likeness (QED) is 0.483. The van der Waals surface area contributed by atoms with Crippen LogP contribution >= 0.6 is 22.6 Å². The van der Waals surface area contributed by atoms with Crippen LogP contribution in [0.4, 0.5) is 0 Å². The van der Waals surface area contributed by atoms with E-state index in [0.29, 0.717) is 0 Å². The molecule has 0 aromatic carbocycles. The molecule has 0 aromatic heterocycles. The molecule has 0 amide bonds. The highest BCUT2D eigenvalue weighted by Crippen LogP contribution is 2.16. The second kappa shape index (κ2) is 8.57. The van der Waals surface area contributed by atoms with Crippen molar-refractivity contribution in [3.8, 4) is 0 Å². The molecule has 0 saturated carbocycles. The van der Waals surface area contributed by atoms with Crippen molar-refractivity contribution in [1.29, 1.82) is 0 Å². The highest BCUT2D eigenvalue weighted by molar-refractivity contribution is 14.1. The van der Waals surface area contributed by atoms with E-state index >= 15 is 0 Å². The average molecular weight is 266 g/mol. The van der Waals surface area contributed by atoms with E-state index in [1.807, 2.05) is 0 Å². The molecule has 0 spiro atoms. The summed E-state index contributed by atoms with van der Waals surface area (Å²) in [5, 5.41) is 0. The topological polar surface area (TPSA) is 0 Å². The van der Waals surface area contributed by atoms with Crippen molar-refractivity contribution < 1.29 is 0 Å². The summed E-state index contributed by atoms with van der Waals surface area (Å²) in [5.41, 5.74) is 0. The molecule has 0 aliphatic rings. The molecule has 0 unspecified atom stereocenters. The second-order valence-electron chi connectivity index (χ2n) is 2.90. The molecule has 0 nitrogen and oxygen atoms in total. The second-order valence-corrected chi connectivity index (χ2v) is 4.28. The molecule has 11 heavy (non-hydrogen) atoms. The zero-order valence-corrected chi connectivity index (χ0v) is 9.86. The summed E-state index contributed by atoms with van der Waals surface area (Å²) in [4.78, 5) is 0. The fourth-order valence-electron chi connectivity index (χ4n) is 0.911. The summed E-state index contributed by atoms with van der Waals surface area (Å²) >= 11 is 2.47. The van der Waals surface area contributed by atoms with Gasteiger partial charge in [-0.2, -0.15) is 0 Å². The van der Waals surface area contributed by atoms with Gasteiger partial charge < -0.3 is 0 Å². The molecule has 0 fully saturated rings. The van der Waals surface area contributed by atoms with Gasteiger partial charge in [0.25, 0.3) is 0 Å². The van der Waals surface area contributed by atoms with Crippen LogP contribution in [-0.4, -0.2) is 0 Å². The normalized spacial score (nSPS) is 12.1. The molecular weight excluding hydrogens is 247 g/mol. The summed E-state index contributed by atoms with van der Waals surface area (Å²) < 4.78 is 1.55. The first-order valence-electron chi connectivity index (χ1n) is 4.65. The number of allylic oxidation sites excluding steroid dienone is 2. The van der Waals surface area contributed by atoms with Crippen LogP contribution < -0.4 is 0 Å². The lowest BCUT2D eigenvalue weighted by Gasteiger charge is -1.96. The molecule has 0 heterocycles. The Morgan fingerprint density at radius 3 is 2.36 bits per heavy atom. The first-order valence-corrected chi connectivity index (χ1v) is 5.73. The van der Waals surface area contributed by atoms with Crippen LogP contribution in [0.2, 0.25) is 0 Å². The fourth-order valence-corrected chi connectivity index (χ4v) is 1.60. The van der Waals surface area contributed by atoms with Crippen molar-refractivity contribution in [2.24, 2.45) is 0 Å². The third-order valence-corrected chi connectivity index (χ3v) is 2.67. The third kappa shape index (κ3) is 8.38. The molecule has 0 radical (unpaired) electrons.